The van der Waals surface area contributed by atoms with Crippen LogP contribution in [-0.2, 0) is 0 Å². The van der Waals surface area contributed by atoms with E-state index in [-0.39, 0.29) is 17.2 Å². The summed E-state index contributed by atoms with van der Waals surface area (Å²) in [5.74, 6) is -1.66. The van der Waals surface area contributed by atoms with E-state index in [0.29, 0.717) is 11.1 Å². The number of aromatic hydroxyl groups is 1. The summed E-state index contributed by atoms with van der Waals surface area (Å²) in [7, 11) is 0. The van der Waals surface area contributed by atoms with Gasteiger partial charge in [-0.15, -0.1) is 0 Å². The standard InChI is InChI=1S/C12H8F2N4O/c1-6-10-11(15-5-16-12(10)19)18(17-6)9-3-2-7(13)4-8(9)14/h2-5H,1H3,(H,15,16,19). The highest BCUT2D eigenvalue weighted by atomic mass is 19.1. The molecule has 0 bridgehead atoms. The number of fused-ring (bicyclic) bond motifs is 1. The maximum absolute atomic E-state index is 13.8. The molecule has 3 aromatic rings. The molecule has 7 heteroatoms. The second-order valence-corrected chi connectivity index (χ2v) is 3.99. The summed E-state index contributed by atoms with van der Waals surface area (Å²) in [6.45, 7) is 1.64. The van der Waals surface area contributed by atoms with Crippen molar-refractivity contribution in [2.75, 3.05) is 0 Å². The molecule has 0 spiro atoms. The van der Waals surface area contributed by atoms with Crippen molar-refractivity contribution in [1.29, 1.82) is 0 Å². The fourth-order valence-electron chi connectivity index (χ4n) is 1.92. The van der Waals surface area contributed by atoms with Gasteiger partial charge in [0.25, 0.3) is 0 Å². The van der Waals surface area contributed by atoms with E-state index >= 15 is 0 Å². The van der Waals surface area contributed by atoms with Crippen LogP contribution in [0.15, 0.2) is 24.5 Å². The average molecular weight is 262 g/mol. The van der Waals surface area contributed by atoms with E-state index in [2.05, 4.69) is 15.1 Å². The Morgan fingerprint density at radius 2 is 2.00 bits per heavy atom. The average Bonchev–Trinajstić information content (AvgIpc) is 2.68. The van der Waals surface area contributed by atoms with Crippen LogP contribution in [0.4, 0.5) is 8.78 Å². The third kappa shape index (κ3) is 1.70. The molecule has 2 aromatic heterocycles. The first kappa shape index (κ1) is 11.5. The molecular weight excluding hydrogens is 254 g/mol. The van der Waals surface area contributed by atoms with Gasteiger partial charge in [0.1, 0.15) is 23.2 Å². The molecule has 5 nitrogen and oxygen atoms in total. The predicted molar refractivity (Wildman–Crippen MR) is 63.0 cm³/mol. The molecule has 0 unspecified atom stereocenters. The Balaban J connectivity index is 2.35. The topological polar surface area (TPSA) is 63.8 Å². The molecule has 96 valence electrons. The van der Waals surface area contributed by atoms with Crippen molar-refractivity contribution in [2.45, 2.75) is 6.92 Å². The highest BCUT2D eigenvalue weighted by molar-refractivity contribution is 5.84. The molecule has 0 amide bonds. The smallest absolute Gasteiger partial charge is 0.225 e. The SMILES string of the molecule is Cc1nn(-c2ccc(F)cc2F)c2ncnc(O)c12. The fourth-order valence-corrected chi connectivity index (χ4v) is 1.92. The van der Waals surface area contributed by atoms with Gasteiger partial charge in [-0.05, 0) is 19.1 Å². The van der Waals surface area contributed by atoms with E-state index in [1.807, 2.05) is 0 Å². The number of hydrogen-bond donors (Lipinski definition) is 1. The Morgan fingerprint density at radius 3 is 2.74 bits per heavy atom. The van der Waals surface area contributed by atoms with Crippen molar-refractivity contribution < 1.29 is 13.9 Å². The number of halogens is 2. The minimum Gasteiger partial charge on any atom is -0.493 e. The summed E-state index contributed by atoms with van der Waals surface area (Å²) >= 11 is 0. The zero-order valence-corrected chi connectivity index (χ0v) is 9.80. The van der Waals surface area contributed by atoms with Gasteiger partial charge >= 0.3 is 0 Å². The lowest BCUT2D eigenvalue weighted by Gasteiger charge is -2.04. The molecule has 0 atom stereocenters. The minimum absolute atomic E-state index is 0.0533. The van der Waals surface area contributed by atoms with Crippen LogP contribution in [0.2, 0.25) is 0 Å². The van der Waals surface area contributed by atoms with Gasteiger partial charge in [-0.25, -0.2) is 23.4 Å². The largest absolute Gasteiger partial charge is 0.493 e. The summed E-state index contributed by atoms with van der Waals surface area (Å²) < 4.78 is 27.9. The van der Waals surface area contributed by atoms with Crippen molar-refractivity contribution >= 4 is 11.0 Å². The van der Waals surface area contributed by atoms with Crippen LogP contribution in [-0.4, -0.2) is 24.9 Å². The summed E-state index contributed by atoms with van der Waals surface area (Å²) in [4.78, 5) is 7.62. The Bertz CT molecular complexity index is 785. The lowest BCUT2D eigenvalue weighted by Crippen LogP contribution is -2.01. The molecule has 2 heterocycles. The van der Waals surface area contributed by atoms with E-state index in [0.717, 1.165) is 18.5 Å². The molecule has 1 aromatic carbocycles. The molecule has 3 rings (SSSR count). The van der Waals surface area contributed by atoms with Gasteiger partial charge in [0.15, 0.2) is 11.5 Å². The Hall–Kier alpha value is -2.57. The normalized spacial score (nSPS) is 11.1. The van der Waals surface area contributed by atoms with Gasteiger partial charge in [-0.1, -0.05) is 0 Å². The summed E-state index contributed by atoms with van der Waals surface area (Å²) in [5.41, 5.74) is 0.768. The maximum Gasteiger partial charge on any atom is 0.225 e. The van der Waals surface area contributed by atoms with E-state index in [1.165, 1.54) is 10.7 Å². The minimum atomic E-state index is -0.762. The van der Waals surface area contributed by atoms with Crippen LogP contribution in [0, 0.1) is 18.6 Å². The highest BCUT2D eigenvalue weighted by Crippen LogP contribution is 2.26. The van der Waals surface area contributed by atoms with E-state index in [4.69, 9.17) is 0 Å². The predicted octanol–water partition coefficient (Wildman–Crippen LogP) is 2.11. The molecule has 0 saturated carbocycles. The molecule has 0 aliphatic rings. The van der Waals surface area contributed by atoms with E-state index in [9.17, 15) is 13.9 Å². The van der Waals surface area contributed by atoms with Crippen molar-refractivity contribution in [3.05, 3.63) is 41.9 Å². The quantitative estimate of drug-likeness (QED) is 0.729. The van der Waals surface area contributed by atoms with Gasteiger partial charge in [0.05, 0.1) is 5.69 Å². The monoisotopic (exact) mass is 262 g/mol. The van der Waals surface area contributed by atoms with Crippen LogP contribution in [0.3, 0.4) is 0 Å². The number of rotatable bonds is 1. The van der Waals surface area contributed by atoms with Gasteiger partial charge < -0.3 is 5.11 Å². The van der Waals surface area contributed by atoms with Crippen LogP contribution in [0.25, 0.3) is 16.7 Å². The number of aryl methyl sites for hydroxylation is 1. The molecule has 0 aliphatic heterocycles. The number of nitrogens with zero attached hydrogens (tertiary/aromatic N) is 4. The van der Waals surface area contributed by atoms with Gasteiger partial charge in [-0.2, -0.15) is 5.10 Å². The molecule has 19 heavy (non-hydrogen) atoms. The third-order valence-corrected chi connectivity index (χ3v) is 2.76. The van der Waals surface area contributed by atoms with Crippen LogP contribution >= 0.6 is 0 Å². The van der Waals surface area contributed by atoms with Gasteiger partial charge in [0.2, 0.25) is 5.88 Å². The Labute approximate surface area is 106 Å². The lowest BCUT2D eigenvalue weighted by molar-refractivity contribution is 0.459. The Kier molecular flexibility index (Phi) is 2.41. The first-order valence-electron chi connectivity index (χ1n) is 5.42. The van der Waals surface area contributed by atoms with E-state index in [1.54, 1.807) is 6.92 Å². The van der Waals surface area contributed by atoms with Crippen LogP contribution in [0.5, 0.6) is 5.88 Å². The lowest BCUT2D eigenvalue weighted by atomic mass is 10.3. The van der Waals surface area contributed by atoms with Gasteiger partial charge in [0, 0.05) is 6.07 Å². The second kappa shape index (κ2) is 3.98. The summed E-state index contributed by atoms with van der Waals surface area (Å²) in [6.07, 6.45) is 1.15. The molecular formula is C12H8F2N4O. The first-order chi connectivity index (χ1) is 9.08. The zero-order chi connectivity index (χ0) is 13.6. The molecule has 0 saturated heterocycles. The number of benzene rings is 1. The molecule has 1 N–H and O–H groups in total. The summed E-state index contributed by atoms with van der Waals surface area (Å²) in [6, 6.07) is 3.15. The Morgan fingerprint density at radius 1 is 1.21 bits per heavy atom. The molecule has 0 radical (unpaired) electrons. The molecule has 0 aliphatic carbocycles. The number of aromatic nitrogens is 4. The maximum atomic E-state index is 13.8. The zero-order valence-electron chi connectivity index (χ0n) is 9.80. The van der Waals surface area contributed by atoms with Gasteiger partial charge in [-0.3, -0.25) is 0 Å². The summed E-state index contributed by atoms with van der Waals surface area (Å²) in [5, 5.41) is 14.1. The van der Waals surface area contributed by atoms with Crippen molar-refractivity contribution in [3.63, 3.8) is 0 Å². The second-order valence-electron chi connectivity index (χ2n) is 3.99. The molecule has 0 fully saturated rings. The van der Waals surface area contributed by atoms with E-state index < -0.39 is 11.6 Å². The third-order valence-electron chi connectivity index (χ3n) is 2.76. The highest BCUT2D eigenvalue weighted by Gasteiger charge is 2.16. The fraction of sp³-hybridized carbons (Fsp3) is 0.0833. The number of hydrogen-bond acceptors (Lipinski definition) is 4. The van der Waals surface area contributed by atoms with Crippen molar-refractivity contribution in [3.8, 4) is 11.6 Å². The van der Waals surface area contributed by atoms with Crippen LogP contribution < -0.4 is 0 Å². The van der Waals surface area contributed by atoms with Crippen molar-refractivity contribution in [1.82, 2.24) is 19.7 Å². The van der Waals surface area contributed by atoms with Crippen LogP contribution in [0.1, 0.15) is 5.69 Å². The van der Waals surface area contributed by atoms with Crippen molar-refractivity contribution in [2.24, 2.45) is 0 Å². The first-order valence-corrected chi connectivity index (χ1v) is 5.42.